The molecule has 3 aromatic rings. The van der Waals surface area contributed by atoms with Gasteiger partial charge in [0.2, 0.25) is 0 Å². The maximum atomic E-state index is 12.4. The number of esters is 1. The number of aromatic carboxylic acids is 1. The SMILES string of the molecule is COC(=O)CSc1nc2ccc(NC(=O)c3ccccc3C(=O)O)cc2s1. The van der Waals surface area contributed by atoms with E-state index in [1.54, 1.807) is 30.3 Å². The summed E-state index contributed by atoms with van der Waals surface area (Å²) in [6, 6.07) is 11.2. The van der Waals surface area contributed by atoms with Crippen molar-refractivity contribution < 1.29 is 24.2 Å². The molecule has 3 rings (SSSR count). The van der Waals surface area contributed by atoms with Crippen molar-refractivity contribution in [3.05, 3.63) is 53.6 Å². The van der Waals surface area contributed by atoms with Crippen molar-refractivity contribution in [1.29, 1.82) is 0 Å². The summed E-state index contributed by atoms with van der Waals surface area (Å²) >= 11 is 2.67. The van der Waals surface area contributed by atoms with Crippen LogP contribution in [0.1, 0.15) is 20.7 Å². The Morgan fingerprint density at radius 1 is 1.19 bits per heavy atom. The number of hydrogen-bond donors (Lipinski definition) is 2. The third-order valence-electron chi connectivity index (χ3n) is 3.57. The van der Waals surface area contributed by atoms with E-state index in [9.17, 15) is 19.5 Å². The van der Waals surface area contributed by atoms with E-state index in [2.05, 4.69) is 15.0 Å². The zero-order chi connectivity index (χ0) is 19.4. The summed E-state index contributed by atoms with van der Waals surface area (Å²) in [6.07, 6.45) is 0. The molecule has 0 spiro atoms. The van der Waals surface area contributed by atoms with Gasteiger partial charge in [-0.3, -0.25) is 9.59 Å². The molecule has 0 saturated carbocycles. The van der Waals surface area contributed by atoms with Gasteiger partial charge >= 0.3 is 11.9 Å². The number of benzene rings is 2. The largest absolute Gasteiger partial charge is 0.478 e. The van der Waals surface area contributed by atoms with Crippen LogP contribution < -0.4 is 5.32 Å². The van der Waals surface area contributed by atoms with Gasteiger partial charge in [-0.2, -0.15) is 0 Å². The van der Waals surface area contributed by atoms with Crippen LogP contribution in [-0.4, -0.2) is 40.8 Å². The normalized spacial score (nSPS) is 10.6. The number of hydrogen-bond acceptors (Lipinski definition) is 7. The molecule has 1 amide bonds. The zero-order valence-corrected chi connectivity index (χ0v) is 15.7. The summed E-state index contributed by atoms with van der Waals surface area (Å²) in [5.74, 6) is -1.82. The van der Waals surface area contributed by atoms with Gasteiger partial charge < -0.3 is 15.2 Å². The summed E-state index contributed by atoms with van der Waals surface area (Å²) in [7, 11) is 1.33. The average molecular weight is 402 g/mol. The van der Waals surface area contributed by atoms with Gasteiger partial charge in [0.1, 0.15) is 0 Å². The molecule has 27 heavy (non-hydrogen) atoms. The van der Waals surface area contributed by atoms with E-state index in [1.165, 1.54) is 42.3 Å². The van der Waals surface area contributed by atoms with E-state index in [-0.39, 0.29) is 22.8 Å². The number of carbonyl (C=O) groups is 3. The standard InChI is InChI=1S/C18H14N2O5S2/c1-25-15(21)9-26-18-20-13-7-6-10(8-14(13)27-18)19-16(22)11-4-2-3-5-12(11)17(23)24/h2-8H,9H2,1H3,(H,19,22)(H,23,24). The number of carbonyl (C=O) groups excluding carboxylic acids is 2. The molecule has 7 nitrogen and oxygen atoms in total. The van der Waals surface area contributed by atoms with E-state index in [0.29, 0.717) is 5.69 Å². The first kappa shape index (κ1) is 18.9. The van der Waals surface area contributed by atoms with Crippen molar-refractivity contribution in [1.82, 2.24) is 4.98 Å². The highest BCUT2D eigenvalue weighted by molar-refractivity contribution is 8.01. The maximum Gasteiger partial charge on any atom is 0.336 e. The monoisotopic (exact) mass is 402 g/mol. The number of ether oxygens (including phenoxy) is 1. The minimum Gasteiger partial charge on any atom is -0.478 e. The van der Waals surface area contributed by atoms with Crippen LogP contribution in [0.3, 0.4) is 0 Å². The Balaban J connectivity index is 1.78. The molecular formula is C18H14N2O5S2. The van der Waals surface area contributed by atoms with Crippen LogP contribution in [-0.2, 0) is 9.53 Å². The van der Waals surface area contributed by atoms with Gasteiger partial charge in [-0.25, -0.2) is 9.78 Å². The number of thioether (sulfide) groups is 1. The quantitative estimate of drug-likeness (QED) is 0.480. The molecule has 0 unspecified atom stereocenters. The van der Waals surface area contributed by atoms with E-state index < -0.39 is 11.9 Å². The molecule has 1 aromatic heterocycles. The van der Waals surface area contributed by atoms with Gasteiger partial charge in [-0.05, 0) is 30.3 Å². The van der Waals surface area contributed by atoms with Gasteiger partial charge in [0, 0.05) is 5.69 Å². The third-order valence-corrected chi connectivity index (χ3v) is 5.70. The first-order chi connectivity index (χ1) is 13.0. The lowest BCUT2D eigenvalue weighted by Crippen LogP contribution is -2.16. The molecule has 0 atom stereocenters. The first-order valence-corrected chi connectivity index (χ1v) is 9.52. The van der Waals surface area contributed by atoms with Gasteiger partial charge in [0.15, 0.2) is 4.34 Å². The smallest absolute Gasteiger partial charge is 0.336 e. The van der Waals surface area contributed by atoms with Gasteiger partial charge in [-0.1, -0.05) is 23.9 Å². The van der Waals surface area contributed by atoms with Crippen molar-refractivity contribution in [2.45, 2.75) is 4.34 Å². The number of nitrogens with zero attached hydrogens (tertiary/aromatic N) is 1. The van der Waals surface area contributed by atoms with Crippen molar-refractivity contribution in [3.8, 4) is 0 Å². The highest BCUT2D eigenvalue weighted by Crippen LogP contribution is 2.31. The van der Waals surface area contributed by atoms with E-state index >= 15 is 0 Å². The Morgan fingerprint density at radius 3 is 2.63 bits per heavy atom. The summed E-state index contributed by atoms with van der Waals surface area (Å²) in [5.41, 5.74) is 1.30. The molecular weight excluding hydrogens is 388 g/mol. The molecule has 9 heteroatoms. The minimum absolute atomic E-state index is 0.0598. The van der Waals surface area contributed by atoms with E-state index in [0.717, 1.165) is 14.6 Å². The molecule has 1 heterocycles. The van der Waals surface area contributed by atoms with Crippen molar-refractivity contribution in [2.75, 3.05) is 18.2 Å². The Kier molecular flexibility index (Phi) is 5.72. The molecule has 2 N–H and O–H groups in total. The van der Waals surface area contributed by atoms with Crippen molar-refractivity contribution >= 4 is 56.8 Å². The number of carboxylic acids is 1. The summed E-state index contributed by atoms with van der Waals surface area (Å²) in [6.45, 7) is 0. The topological polar surface area (TPSA) is 106 Å². The highest BCUT2D eigenvalue weighted by Gasteiger charge is 2.16. The predicted octanol–water partition coefficient (Wildman–Crippen LogP) is 3.51. The number of carboxylic acid groups (broad SMARTS) is 1. The van der Waals surface area contributed by atoms with E-state index in [1.807, 2.05) is 0 Å². The Morgan fingerprint density at radius 2 is 1.93 bits per heavy atom. The minimum atomic E-state index is -1.16. The number of anilines is 1. The number of aromatic nitrogens is 1. The molecule has 0 radical (unpaired) electrons. The van der Waals surface area contributed by atoms with Crippen LogP contribution in [0.4, 0.5) is 5.69 Å². The molecule has 0 fully saturated rings. The molecule has 0 aliphatic carbocycles. The number of methoxy groups -OCH3 is 1. The first-order valence-electron chi connectivity index (χ1n) is 7.72. The molecule has 0 aliphatic heterocycles. The Bertz CT molecular complexity index is 1030. The number of nitrogens with one attached hydrogen (secondary N) is 1. The van der Waals surface area contributed by atoms with Crippen LogP contribution >= 0.6 is 23.1 Å². The van der Waals surface area contributed by atoms with Gasteiger partial charge in [-0.15, -0.1) is 11.3 Å². The lowest BCUT2D eigenvalue weighted by molar-refractivity contribution is -0.137. The fourth-order valence-electron chi connectivity index (χ4n) is 2.29. The predicted molar refractivity (Wildman–Crippen MR) is 104 cm³/mol. The molecule has 0 saturated heterocycles. The number of rotatable bonds is 6. The Hall–Kier alpha value is -2.91. The fraction of sp³-hybridized carbons (Fsp3) is 0.111. The third kappa shape index (κ3) is 4.44. The highest BCUT2D eigenvalue weighted by atomic mass is 32.2. The summed E-state index contributed by atoms with van der Waals surface area (Å²) in [5, 5.41) is 11.9. The second-order valence-electron chi connectivity index (χ2n) is 5.33. The molecule has 2 aromatic carbocycles. The van der Waals surface area contributed by atoms with E-state index in [4.69, 9.17) is 0 Å². The molecule has 138 valence electrons. The van der Waals surface area contributed by atoms with Crippen molar-refractivity contribution in [3.63, 3.8) is 0 Å². The fourth-order valence-corrected chi connectivity index (χ4v) is 4.23. The van der Waals surface area contributed by atoms with Crippen LogP contribution in [0.5, 0.6) is 0 Å². The lowest BCUT2D eigenvalue weighted by atomic mass is 10.1. The van der Waals surface area contributed by atoms with Crippen LogP contribution in [0.15, 0.2) is 46.8 Å². The Labute approximate surface area is 162 Å². The summed E-state index contributed by atoms with van der Waals surface area (Å²) < 4.78 is 6.16. The summed E-state index contributed by atoms with van der Waals surface area (Å²) in [4.78, 5) is 39.4. The molecule has 0 aliphatic rings. The van der Waals surface area contributed by atoms with Crippen molar-refractivity contribution in [2.24, 2.45) is 0 Å². The van der Waals surface area contributed by atoms with Crippen LogP contribution in [0.2, 0.25) is 0 Å². The lowest BCUT2D eigenvalue weighted by Gasteiger charge is -2.07. The number of amides is 1. The zero-order valence-electron chi connectivity index (χ0n) is 14.1. The van der Waals surface area contributed by atoms with Gasteiger partial charge in [0.05, 0.1) is 34.2 Å². The molecule has 0 bridgehead atoms. The van der Waals surface area contributed by atoms with Gasteiger partial charge in [0.25, 0.3) is 5.91 Å². The number of fused-ring (bicyclic) bond motifs is 1. The maximum absolute atomic E-state index is 12.4. The van der Waals surface area contributed by atoms with Crippen LogP contribution in [0, 0.1) is 0 Å². The second kappa shape index (κ2) is 8.19. The van der Waals surface area contributed by atoms with Crippen LogP contribution in [0.25, 0.3) is 10.2 Å². The second-order valence-corrected chi connectivity index (χ2v) is 7.59. The number of thiazole rings is 1. The average Bonchev–Trinajstić information content (AvgIpc) is 3.08.